The first kappa shape index (κ1) is 17.0. The van der Waals surface area contributed by atoms with E-state index in [0.29, 0.717) is 17.5 Å². The summed E-state index contributed by atoms with van der Waals surface area (Å²) in [6, 6.07) is 10.9. The van der Waals surface area contributed by atoms with E-state index in [0.717, 1.165) is 28.2 Å². The second-order valence-corrected chi connectivity index (χ2v) is 6.12. The Morgan fingerprint density at radius 1 is 1.04 bits per heavy atom. The second-order valence-electron chi connectivity index (χ2n) is 6.12. The fourth-order valence-corrected chi connectivity index (χ4v) is 2.83. The Kier molecular flexibility index (Phi) is 4.74. The Bertz CT molecular complexity index is 934. The van der Waals surface area contributed by atoms with Crippen molar-refractivity contribution in [2.45, 2.75) is 20.3 Å². The summed E-state index contributed by atoms with van der Waals surface area (Å²) in [5, 5.41) is 3.61. The number of carbonyl (C=O) groups excluding carboxylic acids is 1. The Labute approximate surface area is 144 Å². The average molecular weight is 340 g/mol. The Morgan fingerprint density at radius 3 is 2.48 bits per heavy atom. The number of hydrogen-bond acceptors (Lipinski definition) is 2. The van der Waals surface area contributed by atoms with Crippen molar-refractivity contribution < 1.29 is 13.6 Å². The van der Waals surface area contributed by atoms with E-state index in [1.807, 2.05) is 32.0 Å². The van der Waals surface area contributed by atoms with Gasteiger partial charge in [0.15, 0.2) is 0 Å². The van der Waals surface area contributed by atoms with Gasteiger partial charge in [-0.2, -0.15) is 0 Å². The highest BCUT2D eigenvalue weighted by Crippen LogP contribution is 2.20. The molecule has 0 aliphatic heterocycles. The molecule has 0 unspecified atom stereocenters. The van der Waals surface area contributed by atoms with Crippen LogP contribution in [-0.4, -0.2) is 17.4 Å². The summed E-state index contributed by atoms with van der Waals surface area (Å²) in [5.41, 5.74) is 3.63. The van der Waals surface area contributed by atoms with Crippen LogP contribution >= 0.6 is 0 Å². The van der Waals surface area contributed by atoms with Gasteiger partial charge in [-0.3, -0.25) is 9.78 Å². The van der Waals surface area contributed by atoms with Gasteiger partial charge in [-0.25, -0.2) is 8.78 Å². The zero-order valence-corrected chi connectivity index (χ0v) is 14.1. The molecular formula is C20H18F2N2O. The number of halogens is 2. The minimum atomic E-state index is -0.618. The number of nitrogens with one attached hydrogen (secondary N) is 1. The van der Waals surface area contributed by atoms with Gasteiger partial charge in [-0.05, 0) is 56.2 Å². The lowest BCUT2D eigenvalue weighted by Gasteiger charge is -2.10. The van der Waals surface area contributed by atoms with Crippen molar-refractivity contribution >= 4 is 16.8 Å². The number of benzene rings is 2. The third-order valence-corrected chi connectivity index (χ3v) is 3.96. The summed E-state index contributed by atoms with van der Waals surface area (Å²) in [6.07, 6.45) is 0.349. The van der Waals surface area contributed by atoms with Gasteiger partial charge in [0.1, 0.15) is 11.6 Å². The normalized spacial score (nSPS) is 10.9. The molecule has 0 aliphatic rings. The van der Waals surface area contributed by atoms with Crippen LogP contribution in [0.1, 0.15) is 27.2 Å². The molecule has 0 atom stereocenters. The molecular weight excluding hydrogens is 322 g/mol. The molecule has 3 rings (SSSR count). The van der Waals surface area contributed by atoms with E-state index in [-0.39, 0.29) is 12.5 Å². The number of carbonyl (C=O) groups is 1. The molecule has 2 aromatic carbocycles. The first-order valence-electron chi connectivity index (χ1n) is 8.03. The van der Waals surface area contributed by atoms with Crippen molar-refractivity contribution in [2.75, 3.05) is 6.54 Å². The van der Waals surface area contributed by atoms with Crippen LogP contribution in [0.15, 0.2) is 42.5 Å². The van der Waals surface area contributed by atoms with Gasteiger partial charge in [0.25, 0.3) is 5.91 Å². The monoisotopic (exact) mass is 340 g/mol. The van der Waals surface area contributed by atoms with Gasteiger partial charge in [-0.1, -0.05) is 11.6 Å². The molecule has 1 N–H and O–H groups in total. The molecule has 128 valence electrons. The molecule has 0 fully saturated rings. The second kappa shape index (κ2) is 6.97. The van der Waals surface area contributed by atoms with E-state index in [2.05, 4.69) is 10.3 Å². The number of nitrogens with zero attached hydrogens (tertiary/aromatic N) is 1. The Balaban J connectivity index is 1.77. The summed E-state index contributed by atoms with van der Waals surface area (Å²) in [6.45, 7) is 4.08. The summed E-state index contributed by atoms with van der Waals surface area (Å²) >= 11 is 0. The van der Waals surface area contributed by atoms with Gasteiger partial charge in [-0.15, -0.1) is 0 Å². The fourth-order valence-electron chi connectivity index (χ4n) is 2.83. The zero-order chi connectivity index (χ0) is 18.0. The van der Waals surface area contributed by atoms with Crippen LogP contribution in [0, 0.1) is 25.5 Å². The van der Waals surface area contributed by atoms with E-state index < -0.39 is 11.6 Å². The van der Waals surface area contributed by atoms with E-state index in [4.69, 9.17) is 0 Å². The average Bonchev–Trinajstić information content (AvgIpc) is 2.53. The first-order chi connectivity index (χ1) is 11.9. The van der Waals surface area contributed by atoms with E-state index >= 15 is 0 Å². The molecule has 1 heterocycles. The molecule has 0 saturated heterocycles. The van der Waals surface area contributed by atoms with Crippen LogP contribution in [-0.2, 0) is 6.42 Å². The largest absolute Gasteiger partial charge is 0.352 e. The predicted molar refractivity (Wildman–Crippen MR) is 93.6 cm³/mol. The van der Waals surface area contributed by atoms with Crippen molar-refractivity contribution in [1.82, 2.24) is 10.3 Å². The lowest BCUT2D eigenvalue weighted by molar-refractivity contribution is 0.0955. The molecule has 0 spiro atoms. The molecule has 3 aromatic rings. The number of aromatic nitrogens is 1. The maximum absolute atomic E-state index is 13.2. The van der Waals surface area contributed by atoms with Crippen LogP contribution < -0.4 is 5.32 Å². The molecule has 5 heteroatoms. The zero-order valence-electron chi connectivity index (χ0n) is 14.1. The van der Waals surface area contributed by atoms with Crippen molar-refractivity contribution in [2.24, 2.45) is 0 Å². The predicted octanol–water partition coefficient (Wildman–Crippen LogP) is 4.10. The lowest BCUT2D eigenvalue weighted by atomic mass is 10.0. The molecule has 0 radical (unpaired) electrons. The highest BCUT2D eigenvalue weighted by Gasteiger charge is 2.12. The van der Waals surface area contributed by atoms with Gasteiger partial charge in [0, 0.05) is 23.7 Å². The lowest BCUT2D eigenvalue weighted by Crippen LogP contribution is -2.26. The summed E-state index contributed by atoms with van der Waals surface area (Å²) in [7, 11) is 0. The van der Waals surface area contributed by atoms with Crippen LogP contribution in [0.4, 0.5) is 8.78 Å². The number of fused-ring (bicyclic) bond motifs is 1. The first-order valence-corrected chi connectivity index (χ1v) is 8.03. The standard InChI is InChI=1S/C20H18F2N2O/c1-12-3-4-19-17(7-12)18(8-13(2)24-19)20(25)23-6-5-14-9-15(21)11-16(22)10-14/h3-4,7-11H,5-6H2,1-2H3,(H,23,25). The third kappa shape index (κ3) is 3.99. The Morgan fingerprint density at radius 2 is 1.76 bits per heavy atom. The SMILES string of the molecule is Cc1ccc2nc(C)cc(C(=O)NCCc3cc(F)cc(F)c3)c2c1. The number of rotatable bonds is 4. The van der Waals surface area contributed by atoms with Crippen molar-refractivity contribution in [3.8, 4) is 0 Å². The van der Waals surface area contributed by atoms with E-state index in [1.165, 1.54) is 12.1 Å². The van der Waals surface area contributed by atoms with Crippen molar-refractivity contribution in [1.29, 1.82) is 0 Å². The van der Waals surface area contributed by atoms with Crippen LogP contribution in [0.25, 0.3) is 10.9 Å². The fraction of sp³-hybridized carbons (Fsp3) is 0.200. The molecule has 1 aromatic heterocycles. The number of hydrogen-bond donors (Lipinski definition) is 1. The summed E-state index contributed by atoms with van der Waals surface area (Å²) < 4.78 is 26.4. The maximum atomic E-state index is 13.2. The smallest absolute Gasteiger partial charge is 0.252 e. The molecule has 0 saturated carbocycles. The third-order valence-electron chi connectivity index (χ3n) is 3.96. The van der Waals surface area contributed by atoms with Gasteiger partial charge in [0.05, 0.1) is 11.1 Å². The Hall–Kier alpha value is -2.82. The van der Waals surface area contributed by atoms with Gasteiger partial charge >= 0.3 is 0 Å². The van der Waals surface area contributed by atoms with E-state index in [1.54, 1.807) is 6.07 Å². The molecule has 3 nitrogen and oxygen atoms in total. The number of aryl methyl sites for hydroxylation is 2. The highest BCUT2D eigenvalue weighted by molar-refractivity contribution is 6.06. The molecule has 0 aliphatic carbocycles. The maximum Gasteiger partial charge on any atom is 0.252 e. The minimum absolute atomic E-state index is 0.224. The van der Waals surface area contributed by atoms with Crippen LogP contribution in [0.5, 0.6) is 0 Å². The summed E-state index contributed by atoms with van der Waals surface area (Å²) in [5.74, 6) is -1.46. The number of amides is 1. The highest BCUT2D eigenvalue weighted by atomic mass is 19.1. The molecule has 25 heavy (non-hydrogen) atoms. The van der Waals surface area contributed by atoms with E-state index in [9.17, 15) is 13.6 Å². The summed E-state index contributed by atoms with van der Waals surface area (Å²) in [4.78, 5) is 17.0. The van der Waals surface area contributed by atoms with Crippen LogP contribution in [0.3, 0.4) is 0 Å². The van der Waals surface area contributed by atoms with Crippen molar-refractivity contribution in [3.05, 3.63) is 76.5 Å². The van der Waals surface area contributed by atoms with Gasteiger partial charge < -0.3 is 5.32 Å². The van der Waals surface area contributed by atoms with Crippen LogP contribution in [0.2, 0.25) is 0 Å². The molecule has 1 amide bonds. The van der Waals surface area contributed by atoms with Crippen molar-refractivity contribution in [3.63, 3.8) is 0 Å². The minimum Gasteiger partial charge on any atom is -0.352 e. The quantitative estimate of drug-likeness (QED) is 0.777. The topological polar surface area (TPSA) is 42.0 Å². The molecule has 0 bridgehead atoms. The van der Waals surface area contributed by atoms with Gasteiger partial charge in [0.2, 0.25) is 0 Å². The number of pyridine rings is 1.